The number of halogens is 1. The zero-order chi connectivity index (χ0) is 16.2. The molecule has 5 nitrogen and oxygen atoms in total. The van der Waals surface area contributed by atoms with Crippen LogP contribution in [0.25, 0.3) is 0 Å². The van der Waals surface area contributed by atoms with E-state index in [1.807, 2.05) is 0 Å². The molecule has 7 heteroatoms. The Kier molecular flexibility index (Phi) is 4.93. The number of hydrogen-bond donors (Lipinski definition) is 2. The molecule has 1 fully saturated rings. The van der Waals surface area contributed by atoms with Crippen LogP contribution in [0.3, 0.4) is 0 Å². The Balaban J connectivity index is 1.67. The third kappa shape index (κ3) is 3.89. The summed E-state index contributed by atoms with van der Waals surface area (Å²) in [6, 6.07) is 4.85. The van der Waals surface area contributed by atoms with E-state index in [4.69, 9.17) is 11.6 Å². The number of carbonyl (C=O) groups excluding carboxylic acids is 2. The number of nitrogens with one attached hydrogen (secondary N) is 2. The Morgan fingerprint density at radius 1 is 1.22 bits per heavy atom. The molecule has 1 aromatic heterocycles. The summed E-state index contributed by atoms with van der Waals surface area (Å²) in [6.07, 6.45) is 5.67. The summed E-state index contributed by atoms with van der Waals surface area (Å²) >= 11 is 7.54. The summed E-state index contributed by atoms with van der Waals surface area (Å²) in [5, 5.41) is 8.21. The Bertz CT molecular complexity index is 712. The van der Waals surface area contributed by atoms with Crippen molar-refractivity contribution in [1.29, 1.82) is 0 Å². The van der Waals surface area contributed by atoms with Crippen LogP contribution in [0.1, 0.15) is 36.0 Å². The van der Waals surface area contributed by atoms with Crippen molar-refractivity contribution in [3.8, 4) is 0 Å². The number of anilines is 2. The molecule has 23 heavy (non-hydrogen) atoms. The van der Waals surface area contributed by atoms with Gasteiger partial charge < -0.3 is 5.32 Å². The van der Waals surface area contributed by atoms with Crippen molar-refractivity contribution in [2.75, 3.05) is 10.6 Å². The first-order chi connectivity index (χ1) is 11.1. The lowest BCUT2D eigenvalue weighted by atomic mass is 10.1. The lowest BCUT2D eigenvalue weighted by Gasteiger charge is -2.12. The SMILES string of the molecule is O=C(Nc1nccs1)c1ccc(NC(=O)C2CCCC2)c(Cl)c1. The van der Waals surface area contributed by atoms with E-state index in [-0.39, 0.29) is 17.7 Å². The van der Waals surface area contributed by atoms with Gasteiger partial charge >= 0.3 is 0 Å². The molecule has 2 amide bonds. The number of rotatable bonds is 4. The van der Waals surface area contributed by atoms with Gasteiger partial charge in [-0.05, 0) is 31.0 Å². The van der Waals surface area contributed by atoms with Crippen LogP contribution in [-0.4, -0.2) is 16.8 Å². The van der Waals surface area contributed by atoms with Gasteiger partial charge in [0.25, 0.3) is 5.91 Å². The van der Waals surface area contributed by atoms with E-state index in [0.717, 1.165) is 25.7 Å². The highest BCUT2D eigenvalue weighted by atomic mass is 35.5. The average molecular weight is 350 g/mol. The summed E-state index contributed by atoms with van der Waals surface area (Å²) in [5.74, 6) is -0.209. The molecule has 1 aliphatic carbocycles. The number of nitrogens with zero attached hydrogens (tertiary/aromatic N) is 1. The van der Waals surface area contributed by atoms with Gasteiger partial charge in [-0.2, -0.15) is 0 Å². The van der Waals surface area contributed by atoms with Crippen LogP contribution in [0.4, 0.5) is 10.8 Å². The fourth-order valence-corrected chi connectivity index (χ4v) is 3.39. The molecule has 0 saturated heterocycles. The first kappa shape index (κ1) is 16.0. The number of carbonyl (C=O) groups is 2. The zero-order valence-electron chi connectivity index (χ0n) is 12.3. The third-order valence-electron chi connectivity index (χ3n) is 3.87. The topological polar surface area (TPSA) is 71.1 Å². The van der Waals surface area contributed by atoms with E-state index in [9.17, 15) is 9.59 Å². The monoisotopic (exact) mass is 349 g/mol. The van der Waals surface area contributed by atoms with Gasteiger partial charge in [0.2, 0.25) is 5.91 Å². The summed E-state index contributed by atoms with van der Waals surface area (Å²) in [5.41, 5.74) is 0.957. The van der Waals surface area contributed by atoms with Crippen molar-refractivity contribution in [2.24, 2.45) is 5.92 Å². The molecule has 1 heterocycles. The molecule has 0 unspecified atom stereocenters. The second kappa shape index (κ2) is 7.10. The highest BCUT2D eigenvalue weighted by Gasteiger charge is 2.23. The van der Waals surface area contributed by atoms with Crippen LogP contribution in [-0.2, 0) is 4.79 Å². The van der Waals surface area contributed by atoms with Crippen LogP contribution in [0.15, 0.2) is 29.8 Å². The van der Waals surface area contributed by atoms with E-state index in [0.29, 0.717) is 21.4 Å². The molecule has 120 valence electrons. The number of aromatic nitrogens is 1. The number of benzene rings is 1. The zero-order valence-corrected chi connectivity index (χ0v) is 13.9. The maximum absolute atomic E-state index is 12.1. The fourth-order valence-electron chi connectivity index (χ4n) is 2.63. The molecule has 1 aromatic carbocycles. The van der Waals surface area contributed by atoms with Crippen molar-refractivity contribution in [1.82, 2.24) is 4.98 Å². The minimum absolute atomic E-state index is 0.00406. The number of thiazole rings is 1. The predicted molar refractivity (Wildman–Crippen MR) is 92.1 cm³/mol. The second-order valence-corrected chi connectivity index (χ2v) is 6.76. The molecular formula is C16H16ClN3O2S. The fraction of sp³-hybridized carbons (Fsp3) is 0.312. The van der Waals surface area contributed by atoms with E-state index >= 15 is 0 Å². The van der Waals surface area contributed by atoms with E-state index in [1.165, 1.54) is 11.3 Å². The second-order valence-electron chi connectivity index (χ2n) is 5.46. The van der Waals surface area contributed by atoms with Gasteiger partial charge in [0, 0.05) is 23.1 Å². The molecule has 0 spiro atoms. The Morgan fingerprint density at radius 2 is 2.00 bits per heavy atom. The smallest absolute Gasteiger partial charge is 0.257 e. The van der Waals surface area contributed by atoms with Gasteiger partial charge in [0.15, 0.2) is 5.13 Å². The lowest BCUT2D eigenvalue weighted by molar-refractivity contribution is -0.119. The predicted octanol–water partition coefficient (Wildman–Crippen LogP) is 4.18. The molecule has 2 N–H and O–H groups in total. The molecule has 3 rings (SSSR count). The van der Waals surface area contributed by atoms with Crippen molar-refractivity contribution in [2.45, 2.75) is 25.7 Å². The molecule has 0 radical (unpaired) electrons. The quantitative estimate of drug-likeness (QED) is 0.869. The van der Waals surface area contributed by atoms with Crippen LogP contribution in [0.2, 0.25) is 5.02 Å². The first-order valence-corrected chi connectivity index (χ1v) is 8.70. The first-order valence-electron chi connectivity index (χ1n) is 7.45. The normalized spacial score (nSPS) is 14.7. The number of amides is 2. The Labute approximate surface area is 143 Å². The van der Waals surface area contributed by atoms with Crippen molar-refractivity contribution >= 4 is 45.6 Å². The average Bonchev–Trinajstić information content (AvgIpc) is 3.22. The molecule has 0 atom stereocenters. The molecule has 0 aliphatic heterocycles. The largest absolute Gasteiger partial charge is 0.325 e. The highest BCUT2D eigenvalue weighted by molar-refractivity contribution is 7.13. The minimum Gasteiger partial charge on any atom is -0.325 e. The molecule has 1 aliphatic rings. The van der Waals surface area contributed by atoms with Crippen molar-refractivity contribution in [3.05, 3.63) is 40.4 Å². The molecular weight excluding hydrogens is 334 g/mol. The summed E-state index contributed by atoms with van der Waals surface area (Å²) in [4.78, 5) is 28.3. The van der Waals surface area contributed by atoms with E-state index in [1.54, 1.807) is 29.8 Å². The van der Waals surface area contributed by atoms with Gasteiger partial charge in [-0.3, -0.25) is 14.9 Å². The summed E-state index contributed by atoms with van der Waals surface area (Å²) in [7, 11) is 0. The van der Waals surface area contributed by atoms with Gasteiger partial charge in [-0.15, -0.1) is 11.3 Å². The standard InChI is InChI=1S/C16H16ClN3O2S/c17-12-9-11(15(22)20-16-18-7-8-23-16)5-6-13(12)19-14(21)10-3-1-2-4-10/h5-10H,1-4H2,(H,19,21)(H,18,20,22). The van der Waals surface area contributed by atoms with Gasteiger partial charge in [-0.25, -0.2) is 4.98 Å². The van der Waals surface area contributed by atoms with Crippen LogP contribution in [0.5, 0.6) is 0 Å². The summed E-state index contributed by atoms with van der Waals surface area (Å²) < 4.78 is 0. The van der Waals surface area contributed by atoms with Gasteiger partial charge in [-0.1, -0.05) is 24.4 Å². The Morgan fingerprint density at radius 3 is 2.65 bits per heavy atom. The molecule has 2 aromatic rings. The van der Waals surface area contributed by atoms with E-state index < -0.39 is 0 Å². The maximum atomic E-state index is 12.1. The van der Waals surface area contributed by atoms with Crippen LogP contribution >= 0.6 is 22.9 Å². The lowest BCUT2D eigenvalue weighted by Crippen LogP contribution is -2.20. The van der Waals surface area contributed by atoms with E-state index in [2.05, 4.69) is 15.6 Å². The molecule has 1 saturated carbocycles. The van der Waals surface area contributed by atoms with Crippen LogP contribution in [0, 0.1) is 5.92 Å². The summed E-state index contributed by atoms with van der Waals surface area (Å²) in [6.45, 7) is 0. The maximum Gasteiger partial charge on any atom is 0.257 e. The number of hydrogen-bond acceptors (Lipinski definition) is 4. The van der Waals surface area contributed by atoms with Crippen LogP contribution < -0.4 is 10.6 Å². The highest BCUT2D eigenvalue weighted by Crippen LogP contribution is 2.28. The minimum atomic E-state index is -0.282. The van der Waals surface area contributed by atoms with Crippen molar-refractivity contribution in [3.63, 3.8) is 0 Å². The van der Waals surface area contributed by atoms with Gasteiger partial charge in [0.1, 0.15) is 0 Å². The molecule has 0 bridgehead atoms. The third-order valence-corrected chi connectivity index (χ3v) is 4.87. The van der Waals surface area contributed by atoms with Crippen molar-refractivity contribution < 1.29 is 9.59 Å². The van der Waals surface area contributed by atoms with Gasteiger partial charge in [0.05, 0.1) is 10.7 Å². The Hall–Kier alpha value is -1.92.